The summed E-state index contributed by atoms with van der Waals surface area (Å²) < 4.78 is 43.0. The molecule has 2 heterocycles. The molecule has 10 atom stereocenters. The number of aliphatic hydroxyl groups is 4. The second-order valence-corrected chi connectivity index (χ2v) is 7.54. The Morgan fingerprint density at radius 3 is 1.71 bits per heavy atom. The van der Waals surface area contributed by atoms with Crippen molar-refractivity contribution in [3.63, 3.8) is 0 Å². The zero-order valence-corrected chi connectivity index (χ0v) is 20.2. The maximum absolute atomic E-state index is 9.47. The molecule has 2 aliphatic heterocycles. The molecule has 12 nitrogen and oxygen atoms in total. The quantitative estimate of drug-likeness (QED) is 0.235. The first kappa shape index (κ1) is 31.0. The molecular formula is C22H40O12. The van der Waals surface area contributed by atoms with Crippen LogP contribution in [0.5, 0.6) is 0 Å². The van der Waals surface area contributed by atoms with Gasteiger partial charge in [0, 0.05) is 28.4 Å². The van der Waals surface area contributed by atoms with Gasteiger partial charge >= 0.3 is 0 Å². The summed E-state index contributed by atoms with van der Waals surface area (Å²) in [5.74, 6) is 0. The van der Waals surface area contributed by atoms with Crippen LogP contribution in [0, 0.1) is 0 Å². The average Bonchev–Trinajstić information content (AvgIpc) is 2.85. The molecule has 0 saturated carbocycles. The van der Waals surface area contributed by atoms with Crippen molar-refractivity contribution < 1.29 is 58.3 Å². The predicted molar refractivity (Wildman–Crippen MR) is 119 cm³/mol. The lowest BCUT2D eigenvalue weighted by atomic mass is 9.98. The van der Waals surface area contributed by atoms with E-state index in [0.717, 1.165) is 0 Å². The number of hydrogen-bond donors (Lipinski definition) is 4. The Hall–Kier alpha value is -1.00. The van der Waals surface area contributed by atoms with Crippen molar-refractivity contribution in [2.75, 3.05) is 54.9 Å². The Morgan fingerprint density at radius 1 is 0.706 bits per heavy atom. The summed E-state index contributed by atoms with van der Waals surface area (Å²) in [6, 6.07) is 0. The van der Waals surface area contributed by atoms with Crippen molar-refractivity contribution in [1.82, 2.24) is 0 Å². The monoisotopic (exact) mass is 496 g/mol. The van der Waals surface area contributed by atoms with Gasteiger partial charge in [0.05, 0.1) is 26.4 Å². The predicted octanol–water partition coefficient (Wildman–Crippen LogP) is -1.41. The normalized spacial score (nSPS) is 38.0. The van der Waals surface area contributed by atoms with E-state index in [0.29, 0.717) is 13.2 Å². The van der Waals surface area contributed by atoms with Crippen molar-refractivity contribution in [2.24, 2.45) is 0 Å². The van der Waals surface area contributed by atoms with Crippen LogP contribution in [0.4, 0.5) is 0 Å². The summed E-state index contributed by atoms with van der Waals surface area (Å²) in [6.45, 7) is 7.49. The van der Waals surface area contributed by atoms with E-state index >= 15 is 0 Å². The van der Waals surface area contributed by atoms with Gasteiger partial charge in [0.1, 0.15) is 48.8 Å². The first-order valence-corrected chi connectivity index (χ1v) is 10.8. The van der Waals surface area contributed by atoms with Gasteiger partial charge in [-0.2, -0.15) is 0 Å². The molecule has 0 aromatic carbocycles. The van der Waals surface area contributed by atoms with Gasteiger partial charge in [0.25, 0.3) is 0 Å². The molecule has 2 rings (SSSR count). The van der Waals surface area contributed by atoms with Gasteiger partial charge in [0.15, 0.2) is 12.6 Å². The number of methoxy groups -OCH3 is 4. The third-order valence-corrected chi connectivity index (χ3v) is 5.34. The molecule has 2 aliphatic rings. The minimum absolute atomic E-state index is 0.142. The molecule has 0 radical (unpaired) electrons. The highest BCUT2D eigenvalue weighted by Gasteiger charge is 2.47. The second kappa shape index (κ2) is 16.6. The molecule has 0 spiro atoms. The smallest absolute Gasteiger partial charge is 0.187 e. The van der Waals surface area contributed by atoms with Crippen LogP contribution < -0.4 is 0 Å². The SMILES string of the molecule is C=CCOC1OC(CO)C(O)C(O)C1O.C=CCOC1OC(COC)C(OC)C(OC)C1OC. The van der Waals surface area contributed by atoms with Crippen LogP contribution in [0.1, 0.15) is 0 Å². The molecule has 200 valence electrons. The first-order valence-electron chi connectivity index (χ1n) is 10.8. The van der Waals surface area contributed by atoms with E-state index in [1.54, 1.807) is 34.5 Å². The van der Waals surface area contributed by atoms with E-state index < -0.39 is 43.6 Å². The maximum Gasteiger partial charge on any atom is 0.187 e. The van der Waals surface area contributed by atoms with Crippen molar-refractivity contribution in [3.05, 3.63) is 25.3 Å². The Balaban J connectivity index is 0.000000350. The van der Waals surface area contributed by atoms with Crippen LogP contribution in [-0.2, 0) is 37.9 Å². The summed E-state index contributed by atoms with van der Waals surface area (Å²) in [5.41, 5.74) is 0. The van der Waals surface area contributed by atoms with Gasteiger partial charge in [-0.25, -0.2) is 0 Å². The lowest BCUT2D eigenvalue weighted by Crippen LogP contribution is -2.61. The lowest BCUT2D eigenvalue weighted by molar-refractivity contribution is -0.311. The van der Waals surface area contributed by atoms with Crippen LogP contribution in [0.15, 0.2) is 25.3 Å². The van der Waals surface area contributed by atoms with Crippen LogP contribution in [0.3, 0.4) is 0 Å². The van der Waals surface area contributed by atoms with E-state index in [1.165, 1.54) is 6.08 Å². The van der Waals surface area contributed by atoms with Crippen molar-refractivity contribution in [3.8, 4) is 0 Å². The van der Waals surface area contributed by atoms with Gasteiger partial charge in [-0.15, -0.1) is 13.2 Å². The zero-order valence-electron chi connectivity index (χ0n) is 20.2. The Labute approximate surface area is 200 Å². The van der Waals surface area contributed by atoms with E-state index in [2.05, 4.69) is 13.2 Å². The third kappa shape index (κ3) is 8.29. The zero-order chi connectivity index (χ0) is 25.7. The number of rotatable bonds is 12. The fraction of sp³-hybridized carbons (Fsp3) is 0.818. The van der Waals surface area contributed by atoms with Crippen molar-refractivity contribution in [1.29, 1.82) is 0 Å². The summed E-state index contributed by atoms with van der Waals surface area (Å²) >= 11 is 0. The highest BCUT2D eigenvalue weighted by Crippen LogP contribution is 2.28. The molecule has 12 heteroatoms. The topological polar surface area (TPSA) is 155 Å². The van der Waals surface area contributed by atoms with E-state index in [1.807, 2.05) is 0 Å². The molecular weight excluding hydrogens is 456 g/mol. The van der Waals surface area contributed by atoms with Crippen LogP contribution in [0.2, 0.25) is 0 Å². The third-order valence-electron chi connectivity index (χ3n) is 5.34. The summed E-state index contributed by atoms with van der Waals surface area (Å²) in [7, 11) is 6.43. The first-order chi connectivity index (χ1) is 16.3. The molecule has 2 fully saturated rings. The minimum atomic E-state index is -1.40. The number of ether oxygens (including phenoxy) is 8. The summed E-state index contributed by atoms with van der Waals surface area (Å²) in [6.07, 6.45) is -4.74. The highest BCUT2D eigenvalue weighted by atomic mass is 16.7. The van der Waals surface area contributed by atoms with Crippen molar-refractivity contribution in [2.45, 2.75) is 61.4 Å². The summed E-state index contributed by atoms with van der Waals surface area (Å²) in [5, 5.41) is 37.1. The molecule has 4 N–H and O–H groups in total. The molecule has 2 saturated heterocycles. The Morgan fingerprint density at radius 2 is 1.24 bits per heavy atom. The highest BCUT2D eigenvalue weighted by molar-refractivity contribution is 4.92. The van der Waals surface area contributed by atoms with Crippen LogP contribution in [0.25, 0.3) is 0 Å². The van der Waals surface area contributed by atoms with Gasteiger partial charge in [-0.1, -0.05) is 12.2 Å². The molecule has 0 aromatic rings. The summed E-state index contributed by atoms with van der Waals surface area (Å²) in [4.78, 5) is 0. The lowest BCUT2D eigenvalue weighted by Gasteiger charge is -2.44. The fourth-order valence-electron chi connectivity index (χ4n) is 3.64. The van der Waals surface area contributed by atoms with Gasteiger partial charge < -0.3 is 58.3 Å². The maximum atomic E-state index is 9.47. The van der Waals surface area contributed by atoms with E-state index in [-0.39, 0.29) is 31.0 Å². The van der Waals surface area contributed by atoms with E-state index in [4.69, 9.17) is 43.0 Å². The molecule has 0 amide bonds. The number of aliphatic hydroxyl groups excluding tert-OH is 4. The average molecular weight is 497 g/mol. The molecule has 0 aromatic heterocycles. The standard InChI is InChI=1S/C13H24O6.C9H16O6/c1-6-7-18-13-12(17-5)11(16-4)10(15-3)9(19-13)8-14-2;1-2-3-14-9-8(13)7(12)6(11)5(4-10)15-9/h6,9-13H,1,7-8H2,2-5H3;2,5-13H,1,3-4H2. The Bertz CT molecular complexity index is 562. The number of hydrogen-bond acceptors (Lipinski definition) is 12. The molecule has 10 unspecified atom stereocenters. The van der Waals surface area contributed by atoms with Gasteiger partial charge in [0.2, 0.25) is 0 Å². The minimum Gasteiger partial charge on any atom is -0.394 e. The molecule has 34 heavy (non-hydrogen) atoms. The Kier molecular flexibility index (Phi) is 15.2. The second-order valence-electron chi connectivity index (χ2n) is 7.54. The fourth-order valence-corrected chi connectivity index (χ4v) is 3.64. The van der Waals surface area contributed by atoms with E-state index in [9.17, 15) is 15.3 Å². The van der Waals surface area contributed by atoms with Gasteiger partial charge in [-0.3, -0.25) is 0 Å². The van der Waals surface area contributed by atoms with Crippen molar-refractivity contribution >= 4 is 0 Å². The molecule has 0 bridgehead atoms. The van der Waals surface area contributed by atoms with Gasteiger partial charge in [-0.05, 0) is 0 Å². The largest absolute Gasteiger partial charge is 0.394 e. The van der Waals surface area contributed by atoms with Crippen LogP contribution >= 0.6 is 0 Å². The molecule has 0 aliphatic carbocycles. The van der Waals surface area contributed by atoms with Crippen LogP contribution in [-0.4, -0.2) is 137 Å².